The lowest BCUT2D eigenvalue weighted by Gasteiger charge is -2.07. The van der Waals surface area contributed by atoms with Crippen molar-refractivity contribution in [2.45, 2.75) is 6.92 Å². The summed E-state index contributed by atoms with van der Waals surface area (Å²) in [5.74, 6) is -0.285. The van der Waals surface area contributed by atoms with Crippen LogP contribution in [0.2, 0.25) is 0 Å². The molecule has 2 rings (SSSR count). The maximum absolute atomic E-state index is 11.7. The van der Waals surface area contributed by atoms with Gasteiger partial charge < -0.3 is 4.74 Å². The molecule has 0 amide bonds. The molecule has 0 fully saturated rings. The minimum absolute atomic E-state index is 0.285. The van der Waals surface area contributed by atoms with E-state index in [0.29, 0.717) is 5.56 Å². The highest BCUT2D eigenvalue weighted by Gasteiger charge is 2.13. The molecular weight excluding hydrogens is 220 g/mol. The molecular formula is C13H12O2S. The zero-order valence-corrected chi connectivity index (χ0v) is 10.0. The Balaban J connectivity index is 2.57. The summed E-state index contributed by atoms with van der Waals surface area (Å²) in [5, 5.41) is 2.00. The predicted octanol–water partition coefficient (Wildman–Crippen LogP) is 3.51. The quantitative estimate of drug-likeness (QED) is 0.741. The highest BCUT2D eigenvalue weighted by Crippen LogP contribution is 2.29. The van der Waals surface area contributed by atoms with Gasteiger partial charge in [-0.25, -0.2) is 4.79 Å². The van der Waals surface area contributed by atoms with E-state index in [1.165, 1.54) is 7.11 Å². The molecule has 2 aromatic rings. The van der Waals surface area contributed by atoms with Crippen molar-refractivity contribution in [2.24, 2.45) is 0 Å². The monoisotopic (exact) mass is 232 g/mol. The van der Waals surface area contributed by atoms with Crippen molar-refractivity contribution in [1.82, 2.24) is 0 Å². The van der Waals surface area contributed by atoms with E-state index in [2.05, 4.69) is 0 Å². The number of carbonyl (C=O) groups is 1. The van der Waals surface area contributed by atoms with Crippen LogP contribution >= 0.6 is 11.3 Å². The summed E-state index contributed by atoms with van der Waals surface area (Å²) in [6, 6.07) is 9.80. The number of aryl methyl sites for hydroxylation is 1. The van der Waals surface area contributed by atoms with Crippen molar-refractivity contribution >= 4 is 17.3 Å². The molecule has 1 aromatic heterocycles. The maximum Gasteiger partial charge on any atom is 0.338 e. The molecule has 0 atom stereocenters. The first kappa shape index (κ1) is 10.9. The molecule has 0 N–H and O–H groups in total. The van der Waals surface area contributed by atoms with Crippen molar-refractivity contribution < 1.29 is 9.53 Å². The van der Waals surface area contributed by atoms with E-state index >= 15 is 0 Å². The second-order valence-corrected chi connectivity index (χ2v) is 4.47. The summed E-state index contributed by atoms with van der Waals surface area (Å²) in [6.45, 7) is 1.96. The van der Waals surface area contributed by atoms with Crippen LogP contribution in [0.25, 0.3) is 10.4 Å². The van der Waals surface area contributed by atoms with Gasteiger partial charge in [0.15, 0.2) is 0 Å². The van der Waals surface area contributed by atoms with Crippen LogP contribution in [0.3, 0.4) is 0 Å². The number of hydrogen-bond donors (Lipinski definition) is 0. The van der Waals surface area contributed by atoms with Crippen molar-refractivity contribution in [1.29, 1.82) is 0 Å². The van der Waals surface area contributed by atoms with Gasteiger partial charge in [-0.15, -0.1) is 11.3 Å². The van der Waals surface area contributed by atoms with Gasteiger partial charge in [-0.1, -0.05) is 23.8 Å². The van der Waals surface area contributed by atoms with Gasteiger partial charge in [0, 0.05) is 10.4 Å². The highest BCUT2D eigenvalue weighted by molar-refractivity contribution is 7.13. The minimum Gasteiger partial charge on any atom is -0.465 e. The van der Waals surface area contributed by atoms with Crippen LogP contribution < -0.4 is 0 Å². The first-order chi connectivity index (χ1) is 7.72. The summed E-state index contributed by atoms with van der Waals surface area (Å²) in [7, 11) is 1.41. The van der Waals surface area contributed by atoms with E-state index in [0.717, 1.165) is 16.0 Å². The Morgan fingerprint density at radius 1 is 1.31 bits per heavy atom. The van der Waals surface area contributed by atoms with Crippen LogP contribution in [0.15, 0.2) is 35.7 Å². The highest BCUT2D eigenvalue weighted by atomic mass is 32.1. The fraction of sp³-hybridized carbons (Fsp3) is 0.154. The van der Waals surface area contributed by atoms with Gasteiger partial charge in [0.25, 0.3) is 0 Å². The van der Waals surface area contributed by atoms with Crippen LogP contribution in [0.5, 0.6) is 0 Å². The molecule has 0 saturated heterocycles. The van der Waals surface area contributed by atoms with Crippen molar-refractivity contribution in [3.63, 3.8) is 0 Å². The number of methoxy groups -OCH3 is 1. The number of ether oxygens (including phenoxy) is 1. The van der Waals surface area contributed by atoms with Crippen molar-refractivity contribution in [3.05, 3.63) is 46.8 Å². The Morgan fingerprint density at radius 2 is 2.12 bits per heavy atom. The Hall–Kier alpha value is -1.61. The average Bonchev–Trinajstić information content (AvgIpc) is 2.81. The lowest BCUT2D eigenvalue weighted by molar-refractivity contribution is 0.0601. The minimum atomic E-state index is -0.285. The number of rotatable bonds is 2. The second kappa shape index (κ2) is 4.49. The van der Waals surface area contributed by atoms with Crippen molar-refractivity contribution in [3.8, 4) is 10.4 Å². The number of carbonyl (C=O) groups excluding carboxylic acids is 1. The van der Waals surface area contributed by atoms with Crippen LogP contribution in [0, 0.1) is 6.92 Å². The van der Waals surface area contributed by atoms with Gasteiger partial charge in [0.2, 0.25) is 0 Å². The lowest BCUT2D eigenvalue weighted by Crippen LogP contribution is -2.03. The number of thiophene rings is 1. The SMILES string of the molecule is COC(=O)c1cc(C)ccc1-c1cccs1. The third kappa shape index (κ3) is 1.99. The van der Waals surface area contributed by atoms with Gasteiger partial charge >= 0.3 is 5.97 Å². The van der Waals surface area contributed by atoms with Gasteiger partial charge in [-0.05, 0) is 24.4 Å². The summed E-state index contributed by atoms with van der Waals surface area (Å²) < 4.78 is 4.80. The Morgan fingerprint density at radius 3 is 2.75 bits per heavy atom. The van der Waals surface area contributed by atoms with Crippen molar-refractivity contribution in [2.75, 3.05) is 7.11 Å². The summed E-state index contributed by atoms with van der Waals surface area (Å²) >= 11 is 1.62. The molecule has 82 valence electrons. The second-order valence-electron chi connectivity index (χ2n) is 3.52. The molecule has 0 saturated carbocycles. The first-order valence-electron chi connectivity index (χ1n) is 4.95. The molecule has 1 heterocycles. The van der Waals surface area contributed by atoms with Crippen LogP contribution in [0.4, 0.5) is 0 Å². The van der Waals surface area contributed by atoms with E-state index in [4.69, 9.17) is 4.74 Å². The Labute approximate surface area is 98.5 Å². The topological polar surface area (TPSA) is 26.3 Å². The zero-order valence-electron chi connectivity index (χ0n) is 9.19. The number of hydrogen-bond acceptors (Lipinski definition) is 3. The molecule has 0 spiro atoms. The lowest BCUT2D eigenvalue weighted by atomic mass is 10.0. The molecule has 0 unspecified atom stereocenters. The van der Waals surface area contributed by atoms with E-state index < -0.39 is 0 Å². The molecule has 0 radical (unpaired) electrons. The molecule has 1 aromatic carbocycles. The Kier molecular flexibility index (Phi) is 3.06. The number of benzene rings is 1. The molecule has 0 aliphatic rings. The first-order valence-corrected chi connectivity index (χ1v) is 5.83. The van der Waals surface area contributed by atoms with E-state index in [-0.39, 0.29) is 5.97 Å². The predicted molar refractivity (Wildman–Crippen MR) is 65.8 cm³/mol. The summed E-state index contributed by atoms with van der Waals surface area (Å²) in [5.41, 5.74) is 2.62. The average molecular weight is 232 g/mol. The molecule has 2 nitrogen and oxygen atoms in total. The van der Waals surface area contributed by atoms with Gasteiger partial charge in [0.05, 0.1) is 12.7 Å². The van der Waals surface area contributed by atoms with E-state index in [9.17, 15) is 4.79 Å². The van der Waals surface area contributed by atoms with Crippen LogP contribution in [-0.4, -0.2) is 13.1 Å². The fourth-order valence-electron chi connectivity index (χ4n) is 1.58. The third-order valence-corrected chi connectivity index (χ3v) is 3.27. The molecule has 0 bridgehead atoms. The van der Waals surface area contributed by atoms with Crippen LogP contribution in [0.1, 0.15) is 15.9 Å². The number of esters is 1. The van der Waals surface area contributed by atoms with Gasteiger partial charge in [-0.2, -0.15) is 0 Å². The van der Waals surface area contributed by atoms with E-state index in [1.807, 2.05) is 42.6 Å². The van der Waals surface area contributed by atoms with Gasteiger partial charge in [0.1, 0.15) is 0 Å². The molecule has 3 heteroatoms. The zero-order chi connectivity index (χ0) is 11.5. The van der Waals surface area contributed by atoms with Crippen LogP contribution in [-0.2, 0) is 4.74 Å². The largest absolute Gasteiger partial charge is 0.465 e. The third-order valence-electron chi connectivity index (χ3n) is 2.37. The molecule has 0 aliphatic heterocycles. The summed E-state index contributed by atoms with van der Waals surface area (Å²) in [6.07, 6.45) is 0. The standard InChI is InChI=1S/C13H12O2S/c1-9-5-6-10(12-4-3-7-16-12)11(8-9)13(14)15-2/h3-8H,1-2H3. The molecule has 0 aliphatic carbocycles. The Bertz CT molecular complexity index is 501. The summed E-state index contributed by atoms with van der Waals surface area (Å²) in [4.78, 5) is 12.7. The normalized spacial score (nSPS) is 10.1. The molecule has 16 heavy (non-hydrogen) atoms. The fourth-order valence-corrected chi connectivity index (χ4v) is 2.35. The van der Waals surface area contributed by atoms with E-state index in [1.54, 1.807) is 11.3 Å². The maximum atomic E-state index is 11.7. The smallest absolute Gasteiger partial charge is 0.338 e. The van der Waals surface area contributed by atoms with Gasteiger partial charge in [-0.3, -0.25) is 0 Å².